The summed E-state index contributed by atoms with van der Waals surface area (Å²) in [4.78, 5) is 11.9. The molecule has 1 amide bonds. The summed E-state index contributed by atoms with van der Waals surface area (Å²) in [6.45, 7) is -0.532. The van der Waals surface area contributed by atoms with Crippen LogP contribution in [0.3, 0.4) is 0 Å². The van der Waals surface area contributed by atoms with Crippen molar-refractivity contribution in [2.75, 3.05) is 6.61 Å². The van der Waals surface area contributed by atoms with Crippen LogP contribution < -0.4 is 5.32 Å². The molecule has 0 unspecified atom stereocenters. The van der Waals surface area contributed by atoms with Gasteiger partial charge in [0, 0.05) is 6.42 Å². The summed E-state index contributed by atoms with van der Waals surface area (Å²) in [6, 6.07) is 14.7. The Morgan fingerprint density at radius 2 is 1.88 bits per heavy atom. The molecule has 0 fully saturated rings. The fraction of sp³-hybridized carbons (Fsp3) is 0.250. The fourth-order valence-electron chi connectivity index (χ4n) is 2.59. The Kier molecular flexibility index (Phi) is 7.57. The summed E-state index contributed by atoms with van der Waals surface area (Å²) < 4.78 is 0. The summed E-state index contributed by atoms with van der Waals surface area (Å²) in [7, 11) is 0. The number of allylic oxidation sites excluding steroid dienone is 1. The minimum Gasteiger partial charge on any atom is -0.508 e. The standard InChI is InChI=1S/C20H23NO3S/c22-14-19(23)18(11-12-25)21-20(24)8-4-1-5-15-9-10-16-6-2-3-7-17(16)13-15/h2-3,6-7,9-13,22-23,25H,1,4-5,8,14H2,(H,21,24)/b12-11-,19-18-. The number of fused-ring (bicyclic) bond motifs is 1. The van der Waals surface area contributed by atoms with Gasteiger partial charge in [-0.3, -0.25) is 4.79 Å². The van der Waals surface area contributed by atoms with Gasteiger partial charge < -0.3 is 15.5 Å². The number of aryl methyl sites for hydroxylation is 1. The number of benzene rings is 2. The Hall–Kier alpha value is -2.24. The zero-order valence-electron chi connectivity index (χ0n) is 14.0. The highest BCUT2D eigenvalue weighted by atomic mass is 32.1. The molecule has 2 aromatic rings. The van der Waals surface area contributed by atoms with E-state index in [1.165, 1.54) is 27.8 Å². The number of amides is 1. The number of hydrogen-bond donors (Lipinski definition) is 4. The second-order valence-corrected chi connectivity index (χ2v) is 6.07. The molecule has 0 atom stereocenters. The number of aliphatic hydroxyl groups excluding tert-OH is 2. The molecule has 0 radical (unpaired) electrons. The van der Waals surface area contributed by atoms with Crippen molar-refractivity contribution in [2.24, 2.45) is 0 Å². The number of aliphatic hydroxyl groups is 2. The first-order valence-corrected chi connectivity index (χ1v) is 8.77. The first kappa shape index (κ1) is 19.1. The number of thiol groups is 1. The van der Waals surface area contributed by atoms with Gasteiger partial charge in [-0.2, -0.15) is 12.6 Å². The molecular weight excluding hydrogens is 334 g/mol. The molecule has 0 aliphatic carbocycles. The largest absolute Gasteiger partial charge is 0.508 e. The third kappa shape index (κ3) is 5.96. The van der Waals surface area contributed by atoms with Gasteiger partial charge >= 0.3 is 0 Å². The van der Waals surface area contributed by atoms with Crippen LogP contribution in [0, 0.1) is 0 Å². The molecule has 2 aromatic carbocycles. The Balaban J connectivity index is 1.80. The topological polar surface area (TPSA) is 69.6 Å². The molecule has 2 rings (SSSR count). The van der Waals surface area contributed by atoms with Crippen molar-refractivity contribution >= 4 is 29.3 Å². The van der Waals surface area contributed by atoms with Crippen molar-refractivity contribution in [1.29, 1.82) is 0 Å². The van der Waals surface area contributed by atoms with Gasteiger partial charge in [0.15, 0.2) is 0 Å². The van der Waals surface area contributed by atoms with Crippen LogP contribution in [0.25, 0.3) is 10.8 Å². The highest BCUT2D eigenvalue weighted by Crippen LogP contribution is 2.17. The van der Waals surface area contributed by atoms with E-state index in [0.29, 0.717) is 6.42 Å². The van der Waals surface area contributed by atoms with E-state index < -0.39 is 6.61 Å². The minimum absolute atomic E-state index is 0.178. The monoisotopic (exact) mass is 357 g/mol. The summed E-state index contributed by atoms with van der Waals surface area (Å²) in [6.07, 6.45) is 4.35. The van der Waals surface area contributed by atoms with Gasteiger partial charge in [-0.25, -0.2) is 0 Å². The molecule has 0 saturated heterocycles. The number of rotatable bonds is 8. The van der Waals surface area contributed by atoms with Crippen LogP contribution in [-0.2, 0) is 11.2 Å². The molecule has 0 aromatic heterocycles. The Morgan fingerprint density at radius 3 is 2.60 bits per heavy atom. The van der Waals surface area contributed by atoms with E-state index in [2.05, 4.69) is 48.3 Å². The third-order valence-corrected chi connectivity index (χ3v) is 4.06. The predicted octanol–water partition coefficient (Wildman–Crippen LogP) is 3.87. The van der Waals surface area contributed by atoms with Crippen LogP contribution in [0.15, 0.2) is 65.4 Å². The second kappa shape index (κ2) is 9.91. The summed E-state index contributed by atoms with van der Waals surface area (Å²) in [5.41, 5.74) is 1.44. The molecular formula is C20H23NO3S. The molecule has 0 bridgehead atoms. The van der Waals surface area contributed by atoms with Gasteiger partial charge in [0.05, 0.1) is 5.70 Å². The van der Waals surface area contributed by atoms with Crippen molar-refractivity contribution in [2.45, 2.75) is 25.7 Å². The molecule has 0 heterocycles. The van der Waals surface area contributed by atoms with Gasteiger partial charge in [0.25, 0.3) is 0 Å². The van der Waals surface area contributed by atoms with E-state index in [-0.39, 0.29) is 17.4 Å². The fourth-order valence-corrected chi connectivity index (χ4v) is 2.74. The average Bonchev–Trinajstić information content (AvgIpc) is 2.64. The molecule has 25 heavy (non-hydrogen) atoms. The maximum atomic E-state index is 11.9. The Labute approximate surface area is 153 Å². The van der Waals surface area contributed by atoms with E-state index in [9.17, 15) is 9.90 Å². The second-order valence-electron chi connectivity index (χ2n) is 5.77. The average molecular weight is 357 g/mol. The number of unbranched alkanes of at least 4 members (excludes halogenated alkanes) is 1. The number of carbonyl (C=O) groups is 1. The van der Waals surface area contributed by atoms with Crippen LogP contribution in [-0.4, -0.2) is 22.7 Å². The van der Waals surface area contributed by atoms with Gasteiger partial charge in [0.2, 0.25) is 5.91 Å². The lowest BCUT2D eigenvalue weighted by Crippen LogP contribution is -2.23. The summed E-state index contributed by atoms with van der Waals surface area (Å²) in [5.74, 6) is -0.477. The van der Waals surface area contributed by atoms with Gasteiger partial charge in [-0.1, -0.05) is 42.5 Å². The molecule has 0 saturated carbocycles. The number of nitrogens with one attached hydrogen (secondary N) is 1. The zero-order valence-corrected chi connectivity index (χ0v) is 14.9. The minimum atomic E-state index is -0.532. The molecule has 132 valence electrons. The van der Waals surface area contributed by atoms with Crippen molar-refractivity contribution in [3.05, 3.63) is 71.0 Å². The van der Waals surface area contributed by atoms with Crippen LogP contribution in [0.2, 0.25) is 0 Å². The third-order valence-electron chi connectivity index (χ3n) is 3.91. The quantitative estimate of drug-likeness (QED) is 0.251. The van der Waals surface area contributed by atoms with Crippen LogP contribution >= 0.6 is 12.6 Å². The van der Waals surface area contributed by atoms with Crippen molar-refractivity contribution < 1.29 is 15.0 Å². The first-order chi connectivity index (χ1) is 12.1. The molecule has 0 spiro atoms. The van der Waals surface area contributed by atoms with Gasteiger partial charge in [0.1, 0.15) is 12.4 Å². The van der Waals surface area contributed by atoms with Crippen molar-refractivity contribution in [3.63, 3.8) is 0 Å². The van der Waals surface area contributed by atoms with Crippen LogP contribution in [0.1, 0.15) is 24.8 Å². The highest BCUT2D eigenvalue weighted by Gasteiger charge is 2.07. The van der Waals surface area contributed by atoms with E-state index in [1.54, 1.807) is 0 Å². The lowest BCUT2D eigenvalue weighted by Gasteiger charge is -2.08. The zero-order chi connectivity index (χ0) is 18.1. The lowest BCUT2D eigenvalue weighted by molar-refractivity contribution is -0.120. The normalized spacial score (nSPS) is 12.4. The van der Waals surface area contributed by atoms with E-state index in [4.69, 9.17) is 5.11 Å². The smallest absolute Gasteiger partial charge is 0.224 e. The molecule has 5 heteroatoms. The molecule has 3 N–H and O–H groups in total. The SMILES string of the molecule is O=C(CCCCc1ccc2ccccc2c1)NC(/C=C\S)=C(\O)CO. The Morgan fingerprint density at radius 1 is 1.12 bits per heavy atom. The Bertz CT molecular complexity index is 783. The number of carbonyl (C=O) groups excluding carboxylic acids is 1. The van der Waals surface area contributed by atoms with E-state index in [0.717, 1.165) is 19.3 Å². The number of hydrogen-bond acceptors (Lipinski definition) is 4. The first-order valence-electron chi connectivity index (χ1n) is 8.25. The van der Waals surface area contributed by atoms with Crippen molar-refractivity contribution in [1.82, 2.24) is 5.32 Å². The maximum Gasteiger partial charge on any atom is 0.224 e. The van der Waals surface area contributed by atoms with Gasteiger partial charge in [-0.05, 0) is 47.1 Å². The van der Waals surface area contributed by atoms with Crippen molar-refractivity contribution in [3.8, 4) is 0 Å². The summed E-state index contributed by atoms with van der Waals surface area (Å²) >= 11 is 3.91. The lowest BCUT2D eigenvalue weighted by atomic mass is 10.0. The highest BCUT2D eigenvalue weighted by molar-refractivity contribution is 7.83. The van der Waals surface area contributed by atoms with Gasteiger partial charge in [-0.15, -0.1) is 0 Å². The summed E-state index contributed by atoms with van der Waals surface area (Å²) in [5, 5.41) is 24.9. The maximum absolute atomic E-state index is 11.9. The van der Waals surface area contributed by atoms with E-state index in [1.807, 2.05) is 12.1 Å². The van der Waals surface area contributed by atoms with E-state index >= 15 is 0 Å². The molecule has 0 aliphatic heterocycles. The predicted molar refractivity (Wildman–Crippen MR) is 105 cm³/mol. The molecule has 4 nitrogen and oxygen atoms in total. The van der Waals surface area contributed by atoms with Crippen LogP contribution in [0.5, 0.6) is 0 Å². The van der Waals surface area contributed by atoms with Crippen LogP contribution in [0.4, 0.5) is 0 Å². The molecule has 0 aliphatic rings.